The van der Waals surface area contributed by atoms with Crippen molar-refractivity contribution in [3.63, 3.8) is 0 Å². The molecule has 1 heterocycles. The quantitative estimate of drug-likeness (QED) is 0.204. The zero-order valence-electron chi connectivity index (χ0n) is 24.3. The molecule has 3 heteroatoms. The second-order valence-electron chi connectivity index (χ2n) is 11.4. The van der Waals surface area contributed by atoms with Gasteiger partial charge in [0.1, 0.15) is 10.0 Å². The van der Waals surface area contributed by atoms with Crippen LogP contribution in [0.3, 0.4) is 0 Å². The van der Waals surface area contributed by atoms with Gasteiger partial charge in [-0.3, -0.25) is 0 Å². The molecule has 210 valence electrons. The predicted octanol–water partition coefficient (Wildman–Crippen LogP) is 11.8. The lowest BCUT2D eigenvalue weighted by atomic mass is 9.92. The average Bonchev–Trinajstić information content (AvgIpc) is 3.60. The molecule has 0 unspecified atom stereocenters. The lowest BCUT2D eigenvalue weighted by molar-refractivity contribution is 1.10. The van der Waals surface area contributed by atoms with E-state index in [0.717, 1.165) is 21.1 Å². The summed E-state index contributed by atoms with van der Waals surface area (Å²) in [4.78, 5) is 0. The molecule has 0 N–H and O–H groups in total. The number of nitrogens with zero attached hydrogens (tertiary/aromatic N) is 2. The van der Waals surface area contributed by atoms with Crippen LogP contribution in [0.4, 0.5) is 0 Å². The molecule has 0 aliphatic rings. The lowest BCUT2D eigenvalue weighted by Gasteiger charge is -2.13. The Labute approximate surface area is 264 Å². The average molecular weight is 591 g/mol. The van der Waals surface area contributed by atoms with E-state index in [1.54, 1.807) is 11.3 Å². The van der Waals surface area contributed by atoms with Gasteiger partial charge in [-0.25, -0.2) is 0 Å². The molecule has 0 bridgehead atoms. The molecule has 0 saturated heterocycles. The Morgan fingerprint density at radius 2 is 0.578 bits per heavy atom. The normalized spacial score (nSPS) is 11.6. The Balaban J connectivity index is 1.17. The van der Waals surface area contributed by atoms with Crippen molar-refractivity contribution < 1.29 is 0 Å². The van der Waals surface area contributed by atoms with Crippen molar-refractivity contribution in [3.8, 4) is 43.4 Å². The van der Waals surface area contributed by atoms with E-state index < -0.39 is 0 Å². The summed E-state index contributed by atoms with van der Waals surface area (Å²) in [5, 5.41) is 21.2. The Bertz CT molecular complexity index is 2370. The Kier molecular flexibility index (Phi) is 6.03. The summed E-state index contributed by atoms with van der Waals surface area (Å²) in [5.41, 5.74) is 7.15. The molecule has 9 rings (SSSR count). The number of aromatic nitrogens is 2. The van der Waals surface area contributed by atoms with Crippen LogP contribution in [-0.2, 0) is 0 Å². The van der Waals surface area contributed by atoms with Gasteiger partial charge < -0.3 is 0 Å². The third-order valence-corrected chi connectivity index (χ3v) is 9.88. The second kappa shape index (κ2) is 10.5. The van der Waals surface area contributed by atoms with Crippen molar-refractivity contribution in [3.05, 3.63) is 158 Å². The van der Waals surface area contributed by atoms with E-state index in [-0.39, 0.29) is 0 Å². The maximum atomic E-state index is 4.76. The first kappa shape index (κ1) is 25.8. The van der Waals surface area contributed by atoms with E-state index in [1.807, 2.05) is 0 Å². The van der Waals surface area contributed by atoms with Crippen LogP contribution in [-0.4, -0.2) is 10.2 Å². The monoisotopic (exact) mass is 590 g/mol. The van der Waals surface area contributed by atoms with E-state index in [4.69, 9.17) is 10.2 Å². The summed E-state index contributed by atoms with van der Waals surface area (Å²) < 4.78 is 0. The molecule has 0 amide bonds. The minimum Gasteiger partial charge on any atom is -0.138 e. The van der Waals surface area contributed by atoms with Gasteiger partial charge in [0.25, 0.3) is 0 Å². The first-order valence-corrected chi connectivity index (χ1v) is 16.0. The van der Waals surface area contributed by atoms with E-state index >= 15 is 0 Å². The van der Waals surface area contributed by atoms with Crippen LogP contribution in [0.25, 0.3) is 86.5 Å². The minimum atomic E-state index is 0.924. The highest BCUT2D eigenvalue weighted by Crippen LogP contribution is 2.42. The van der Waals surface area contributed by atoms with Gasteiger partial charge in [0, 0.05) is 11.1 Å². The van der Waals surface area contributed by atoms with E-state index in [1.165, 1.54) is 65.3 Å². The maximum absolute atomic E-state index is 4.76. The largest absolute Gasteiger partial charge is 0.148 e. The standard InChI is InChI=1S/C42H26N2S/c1-3-15-29-27(11-1)13-9-21-31(29)37-23-25-39(35-19-7-5-17-33(35)37)41-43-44-42(45-41)40-26-24-38(34-18-6-8-20-36(34)40)32-22-10-14-28-12-2-4-16-30(28)32/h1-26H. The van der Waals surface area contributed by atoms with Crippen molar-refractivity contribution in [1.82, 2.24) is 10.2 Å². The van der Waals surface area contributed by atoms with Crippen molar-refractivity contribution in [1.29, 1.82) is 0 Å². The van der Waals surface area contributed by atoms with E-state index in [2.05, 4.69) is 158 Å². The van der Waals surface area contributed by atoms with Gasteiger partial charge in [0.05, 0.1) is 0 Å². The summed E-state index contributed by atoms with van der Waals surface area (Å²) in [6.45, 7) is 0. The van der Waals surface area contributed by atoms with Crippen LogP contribution in [0.15, 0.2) is 158 Å². The summed E-state index contributed by atoms with van der Waals surface area (Å²) in [6, 6.07) is 56.5. The molecule has 1 aromatic heterocycles. The fourth-order valence-electron chi connectivity index (χ4n) is 6.80. The molecule has 0 saturated carbocycles. The van der Waals surface area contributed by atoms with Gasteiger partial charge >= 0.3 is 0 Å². The Hall–Kier alpha value is -5.64. The SMILES string of the molecule is c1ccc2c(-c3ccc(-c4nnc(-c5ccc(-c6cccc7ccccc67)c6ccccc56)s4)c4ccccc34)cccc2c1. The molecule has 0 spiro atoms. The Morgan fingerprint density at radius 3 is 1.02 bits per heavy atom. The van der Waals surface area contributed by atoms with E-state index in [0.29, 0.717) is 0 Å². The summed E-state index contributed by atoms with van der Waals surface area (Å²) >= 11 is 1.65. The predicted molar refractivity (Wildman–Crippen MR) is 192 cm³/mol. The van der Waals surface area contributed by atoms with Crippen LogP contribution in [0.1, 0.15) is 0 Å². The van der Waals surface area contributed by atoms with Crippen molar-refractivity contribution in [2.75, 3.05) is 0 Å². The second-order valence-corrected chi connectivity index (χ2v) is 12.4. The highest BCUT2D eigenvalue weighted by atomic mass is 32.1. The molecule has 45 heavy (non-hydrogen) atoms. The fourth-order valence-corrected chi connectivity index (χ4v) is 7.72. The summed E-state index contributed by atoms with van der Waals surface area (Å²) in [7, 11) is 0. The first-order valence-electron chi connectivity index (χ1n) is 15.2. The lowest BCUT2D eigenvalue weighted by Crippen LogP contribution is -1.87. The number of fused-ring (bicyclic) bond motifs is 4. The molecular formula is C42H26N2S. The van der Waals surface area contributed by atoms with Gasteiger partial charge in [-0.05, 0) is 65.3 Å². The molecule has 0 fully saturated rings. The highest BCUT2D eigenvalue weighted by molar-refractivity contribution is 7.18. The molecule has 9 aromatic rings. The Morgan fingerprint density at radius 1 is 0.267 bits per heavy atom. The molecular weight excluding hydrogens is 565 g/mol. The third kappa shape index (κ3) is 4.24. The van der Waals surface area contributed by atoms with Crippen LogP contribution >= 0.6 is 11.3 Å². The number of rotatable bonds is 4. The zero-order chi connectivity index (χ0) is 29.7. The first-order chi connectivity index (χ1) is 22.3. The molecule has 0 aliphatic carbocycles. The van der Waals surface area contributed by atoms with Crippen LogP contribution in [0.2, 0.25) is 0 Å². The van der Waals surface area contributed by atoms with Crippen molar-refractivity contribution >= 4 is 54.4 Å². The van der Waals surface area contributed by atoms with Crippen LogP contribution in [0.5, 0.6) is 0 Å². The number of hydrogen-bond donors (Lipinski definition) is 0. The zero-order valence-corrected chi connectivity index (χ0v) is 25.1. The third-order valence-electron chi connectivity index (χ3n) is 8.89. The summed E-state index contributed by atoms with van der Waals surface area (Å²) in [5.74, 6) is 0. The van der Waals surface area contributed by atoms with Gasteiger partial charge in [-0.1, -0.05) is 169 Å². The minimum absolute atomic E-state index is 0.924. The van der Waals surface area contributed by atoms with E-state index in [9.17, 15) is 0 Å². The van der Waals surface area contributed by atoms with Gasteiger partial charge in [0.15, 0.2) is 0 Å². The van der Waals surface area contributed by atoms with Crippen molar-refractivity contribution in [2.24, 2.45) is 0 Å². The molecule has 2 nitrogen and oxygen atoms in total. The molecule has 0 aliphatic heterocycles. The molecule has 0 radical (unpaired) electrons. The number of hydrogen-bond acceptors (Lipinski definition) is 3. The smallest absolute Gasteiger partial charge is 0.138 e. The fraction of sp³-hybridized carbons (Fsp3) is 0. The topological polar surface area (TPSA) is 25.8 Å². The van der Waals surface area contributed by atoms with Crippen molar-refractivity contribution in [2.45, 2.75) is 0 Å². The van der Waals surface area contributed by atoms with Crippen LogP contribution < -0.4 is 0 Å². The highest BCUT2D eigenvalue weighted by Gasteiger charge is 2.17. The number of benzene rings is 8. The maximum Gasteiger partial charge on any atom is 0.148 e. The van der Waals surface area contributed by atoms with Gasteiger partial charge in [-0.2, -0.15) is 0 Å². The molecule has 8 aromatic carbocycles. The van der Waals surface area contributed by atoms with Crippen LogP contribution in [0, 0.1) is 0 Å². The summed E-state index contributed by atoms with van der Waals surface area (Å²) in [6.07, 6.45) is 0. The van der Waals surface area contributed by atoms with Gasteiger partial charge in [0.2, 0.25) is 0 Å². The van der Waals surface area contributed by atoms with Gasteiger partial charge in [-0.15, -0.1) is 10.2 Å². The molecule has 0 atom stereocenters.